The van der Waals surface area contributed by atoms with Crippen molar-refractivity contribution in [2.45, 2.75) is 33.3 Å². The summed E-state index contributed by atoms with van der Waals surface area (Å²) < 4.78 is 26.3. The molecule has 150 valence electrons. The number of carboxylic acid groups (broad SMARTS) is 1. The SMILES string of the molecule is CCOP(=O)(O)CC(CCC(=O)OCc1ccc(OC(C)=O)cc1)C(=O)O. The first-order chi connectivity index (χ1) is 12.6. The Morgan fingerprint density at radius 3 is 2.33 bits per heavy atom. The zero-order valence-electron chi connectivity index (χ0n) is 15.1. The second-order valence-electron chi connectivity index (χ2n) is 5.71. The van der Waals surface area contributed by atoms with Gasteiger partial charge in [0.05, 0.1) is 18.7 Å². The molecule has 2 unspecified atom stereocenters. The molecule has 2 atom stereocenters. The summed E-state index contributed by atoms with van der Waals surface area (Å²) >= 11 is 0. The summed E-state index contributed by atoms with van der Waals surface area (Å²) in [4.78, 5) is 43.4. The highest BCUT2D eigenvalue weighted by Crippen LogP contribution is 2.44. The van der Waals surface area contributed by atoms with Gasteiger partial charge in [0.1, 0.15) is 12.4 Å². The van der Waals surface area contributed by atoms with E-state index < -0.39 is 37.6 Å². The first kappa shape index (κ1) is 22.8. The Hall–Kier alpha value is -2.22. The standard InChI is InChI=1S/C17H23O9P/c1-3-25-27(22,23)11-14(17(20)21)6-9-16(19)24-10-13-4-7-15(8-5-13)26-12(2)18/h4-5,7-8,14H,3,6,9-11H2,1-2H3,(H,20,21)(H,22,23). The Morgan fingerprint density at radius 2 is 1.81 bits per heavy atom. The van der Waals surface area contributed by atoms with Crippen molar-refractivity contribution in [3.63, 3.8) is 0 Å². The van der Waals surface area contributed by atoms with E-state index in [-0.39, 0.29) is 26.1 Å². The average Bonchev–Trinajstić information content (AvgIpc) is 2.57. The number of hydrogen-bond donors (Lipinski definition) is 2. The summed E-state index contributed by atoms with van der Waals surface area (Å²) in [6.45, 7) is 2.76. The minimum absolute atomic E-state index is 0.0155. The van der Waals surface area contributed by atoms with Gasteiger partial charge in [-0.2, -0.15) is 0 Å². The lowest BCUT2D eigenvalue weighted by Gasteiger charge is -2.16. The van der Waals surface area contributed by atoms with E-state index in [1.54, 1.807) is 24.3 Å². The number of carbonyl (C=O) groups is 3. The molecular weight excluding hydrogens is 379 g/mol. The fourth-order valence-corrected chi connectivity index (χ4v) is 3.58. The Labute approximate surface area is 156 Å². The summed E-state index contributed by atoms with van der Waals surface area (Å²) in [5.74, 6) is -3.18. The van der Waals surface area contributed by atoms with E-state index in [0.29, 0.717) is 11.3 Å². The monoisotopic (exact) mass is 402 g/mol. The topological polar surface area (TPSA) is 136 Å². The van der Waals surface area contributed by atoms with Gasteiger partial charge in [-0.3, -0.25) is 18.9 Å². The number of aliphatic carboxylic acids is 1. The lowest BCUT2D eigenvalue weighted by Crippen LogP contribution is -2.20. The van der Waals surface area contributed by atoms with E-state index in [1.165, 1.54) is 13.8 Å². The van der Waals surface area contributed by atoms with Gasteiger partial charge < -0.3 is 24.0 Å². The smallest absolute Gasteiger partial charge is 0.328 e. The average molecular weight is 402 g/mol. The van der Waals surface area contributed by atoms with Crippen molar-refractivity contribution in [3.8, 4) is 5.75 Å². The predicted octanol–water partition coefficient (Wildman–Crippen LogP) is 2.36. The zero-order chi connectivity index (χ0) is 20.4. The van der Waals surface area contributed by atoms with Gasteiger partial charge in [0, 0.05) is 13.3 Å². The predicted molar refractivity (Wildman–Crippen MR) is 94.2 cm³/mol. The third kappa shape index (κ3) is 9.33. The molecule has 0 aliphatic heterocycles. The van der Waals surface area contributed by atoms with Crippen LogP contribution in [0.4, 0.5) is 0 Å². The van der Waals surface area contributed by atoms with Crippen LogP contribution in [0.2, 0.25) is 0 Å². The van der Waals surface area contributed by atoms with Gasteiger partial charge in [-0.1, -0.05) is 12.1 Å². The molecular formula is C17H23O9P. The molecule has 0 fully saturated rings. The summed E-state index contributed by atoms with van der Waals surface area (Å²) in [5.41, 5.74) is 0.658. The summed E-state index contributed by atoms with van der Waals surface area (Å²) in [5, 5.41) is 9.14. The molecule has 0 saturated heterocycles. The number of carbonyl (C=O) groups excluding carboxylic acids is 2. The van der Waals surface area contributed by atoms with Crippen molar-refractivity contribution in [3.05, 3.63) is 29.8 Å². The molecule has 0 spiro atoms. The molecule has 0 aliphatic rings. The first-order valence-electron chi connectivity index (χ1n) is 8.25. The lowest BCUT2D eigenvalue weighted by atomic mass is 10.1. The number of hydrogen-bond acceptors (Lipinski definition) is 7. The van der Waals surface area contributed by atoms with Crippen LogP contribution in [-0.2, 0) is 34.8 Å². The van der Waals surface area contributed by atoms with Gasteiger partial charge >= 0.3 is 25.5 Å². The van der Waals surface area contributed by atoms with Gasteiger partial charge in [-0.25, -0.2) is 0 Å². The third-order valence-electron chi connectivity index (χ3n) is 3.41. The van der Waals surface area contributed by atoms with Gasteiger partial charge in [-0.05, 0) is 31.0 Å². The van der Waals surface area contributed by atoms with E-state index in [2.05, 4.69) is 4.52 Å². The van der Waals surface area contributed by atoms with E-state index >= 15 is 0 Å². The van der Waals surface area contributed by atoms with E-state index in [4.69, 9.17) is 14.6 Å². The highest BCUT2D eigenvalue weighted by molar-refractivity contribution is 7.52. The van der Waals surface area contributed by atoms with Crippen molar-refractivity contribution in [1.82, 2.24) is 0 Å². The molecule has 0 saturated carbocycles. The molecule has 2 N–H and O–H groups in total. The molecule has 9 nitrogen and oxygen atoms in total. The molecule has 0 bridgehead atoms. The number of benzene rings is 1. The van der Waals surface area contributed by atoms with Crippen LogP contribution < -0.4 is 4.74 Å². The number of ether oxygens (including phenoxy) is 2. The van der Waals surface area contributed by atoms with Crippen LogP contribution >= 0.6 is 7.60 Å². The highest BCUT2D eigenvalue weighted by atomic mass is 31.2. The molecule has 1 rings (SSSR count). The fourth-order valence-electron chi connectivity index (χ4n) is 2.17. The minimum atomic E-state index is -4.01. The molecule has 0 heterocycles. The van der Waals surface area contributed by atoms with Crippen LogP contribution in [0.15, 0.2) is 24.3 Å². The second-order valence-corrected chi connectivity index (χ2v) is 7.61. The van der Waals surface area contributed by atoms with Crippen molar-refractivity contribution >= 4 is 25.5 Å². The number of carboxylic acids is 1. The molecule has 27 heavy (non-hydrogen) atoms. The number of esters is 2. The van der Waals surface area contributed by atoms with Crippen molar-refractivity contribution in [1.29, 1.82) is 0 Å². The maximum atomic E-state index is 11.8. The highest BCUT2D eigenvalue weighted by Gasteiger charge is 2.30. The van der Waals surface area contributed by atoms with Gasteiger partial charge in [0.15, 0.2) is 0 Å². The van der Waals surface area contributed by atoms with Crippen LogP contribution in [0.3, 0.4) is 0 Å². The molecule has 0 aromatic heterocycles. The van der Waals surface area contributed by atoms with Crippen LogP contribution in [-0.4, -0.2) is 40.7 Å². The minimum Gasteiger partial charge on any atom is -0.481 e. The maximum absolute atomic E-state index is 11.8. The van der Waals surface area contributed by atoms with E-state index in [1.807, 2.05) is 0 Å². The second kappa shape index (κ2) is 10.8. The summed E-state index contributed by atoms with van der Waals surface area (Å²) in [7, 11) is -4.01. The summed E-state index contributed by atoms with van der Waals surface area (Å²) in [6.07, 6.45) is -0.924. The Kier molecular flexibility index (Phi) is 9.14. The molecule has 0 radical (unpaired) electrons. The van der Waals surface area contributed by atoms with Gasteiger partial charge in [0.2, 0.25) is 0 Å². The van der Waals surface area contributed by atoms with Crippen LogP contribution in [0.1, 0.15) is 32.3 Å². The molecule has 0 amide bonds. The maximum Gasteiger partial charge on any atom is 0.328 e. The van der Waals surface area contributed by atoms with Crippen molar-refractivity contribution in [2.24, 2.45) is 5.92 Å². The largest absolute Gasteiger partial charge is 0.481 e. The van der Waals surface area contributed by atoms with Crippen LogP contribution in [0.5, 0.6) is 5.75 Å². The molecule has 0 aliphatic carbocycles. The first-order valence-corrected chi connectivity index (χ1v) is 10.0. The van der Waals surface area contributed by atoms with Gasteiger partial charge in [-0.15, -0.1) is 0 Å². The van der Waals surface area contributed by atoms with E-state index in [9.17, 15) is 23.8 Å². The Balaban J connectivity index is 2.47. The normalized spacial score (nSPS) is 14.0. The zero-order valence-corrected chi connectivity index (χ0v) is 16.0. The lowest BCUT2D eigenvalue weighted by molar-refractivity contribution is -0.146. The van der Waals surface area contributed by atoms with E-state index in [0.717, 1.165) is 0 Å². The quantitative estimate of drug-likeness (QED) is 0.325. The van der Waals surface area contributed by atoms with Crippen LogP contribution in [0, 0.1) is 5.92 Å². The number of rotatable bonds is 11. The summed E-state index contributed by atoms with van der Waals surface area (Å²) in [6, 6.07) is 6.35. The van der Waals surface area contributed by atoms with Crippen molar-refractivity contribution in [2.75, 3.05) is 12.8 Å². The molecule has 1 aromatic carbocycles. The Bertz CT molecular complexity index is 699. The molecule has 1 aromatic rings. The fraction of sp³-hybridized carbons (Fsp3) is 0.471. The van der Waals surface area contributed by atoms with Crippen molar-refractivity contribution < 1.29 is 42.9 Å². The van der Waals surface area contributed by atoms with Gasteiger partial charge in [0.25, 0.3) is 0 Å². The van der Waals surface area contributed by atoms with Crippen LogP contribution in [0.25, 0.3) is 0 Å². The third-order valence-corrected chi connectivity index (χ3v) is 4.98. The Morgan fingerprint density at radius 1 is 1.19 bits per heavy atom. The molecule has 10 heteroatoms.